The number of hydrazine groups is 1. The molecule has 1 fully saturated rings. The number of nitrogens with one attached hydrogen (secondary N) is 3. The van der Waals surface area contributed by atoms with Gasteiger partial charge >= 0.3 is 0 Å². The summed E-state index contributed by atoms with van der Waals surface area (Å²) in [7, 11) is 1.58. The molecule has 1 saturated carbocycles. The minimum Gasteiger partial charge on any atom is -0.497 e. The molecule has 0 bridgehead atoms. The second kappa shape index (κ2) is 10.2. The molecule has 3 amide bonds. The number of hydrogen-bond donors (Lipinski definition) is 3. The van der Waals surface area contributed by atoms with Crippen LogP contribution in [0.4, 0.5) is 0 Å². The van der Waals surface area contributed by atoms with E-state index in [4.69, 9.17) is 4.74 Å². The predicted octanol–water partition coefficient (Wildman–Crippen LogP) is 1.55. The van der Waals surface area contributed by atoms with Gasteiger partial charge in [0.1, 0.15) is 5.75 Å². The molecular weight excluding hydrogens is 334 g/mol. The molecule has 7 heteroatoms. The maximum Gasteiger partial charge on any atom is 0.262 e. The van der Waals surface area contributed by atoms with E-state index < -0.39 is 11.8 Å². The molecule has 0 atom stereocenters. The summed E-state index contributed by atoms with van der Waals surface area (Å²) in [4.78, 5) is 35.4. The highest BCUT2D eigenvalue weighted by atomic mass is 16.5. The van der Waals surface area contributed by atoms with Crippen molar-refractivity contribution < 1.29 is 19.1 Å². The summed E-state index contributed by atoms with van der Waals surface area (Å²) in [6, 6.07) is 7.19. The lowest BCUT2D eigenvalue weighted by Crippen LogP contribution is -2.46. The van der Waals surface area contributed by atoms with Crippen LogP contribution in [0, 0.1) is 5.92 Å². The Kier molecular flexibility index (Phi) is 7.67. The average molecular weight is 359 g/mol. The van der Waals surface area contributed by atoms with E-state index in [0.29, 0.717) is 0 Å². The van der Waals surface area contributed by atoms with E-state index in [9.17, 15) is 14.4 Å². The highest BCUT2D eigenvalue weighted by Gasteiger charge is 2.21. The number of carbonyl (C=O) groups excluding carboxylic acids is 3. The first-order chi connectivity index (χ1) is 12.6. The Balaban J connectivity index is 1.66. The van der Waals surface area contributed by atoms with Crippen LogP contribution in [-0.4, -0.2) is 31.4 Å². The van der Waals surface area contributed by atoms with Crippen molar-refractivity contribution in [3.63, 3.8) is 0 Å². The zero-order chi connectivity index (χ0) is 18.8. The van der Waals surface area contributed by atoms with Gasteiger partial charge in [-0.05, 0) is 36.6 Å². The molecule has 140 valence electrons. The molecular formula is C19H25N3O4. The van der Waals surface area contributed by atoms with Crippen LogP contribution < -0.4 is 20.9 Å². The van der Waals surface area contributed by atoms with Crippen molar-refractivity contribution in [2.75, 3.05) is 13.7 Å². The normalized spacial score (nSPS) is 14.7. The van der Waals surface area contributed by atoms with E-state index in [1.165, 1.54) is 12.5 Å². The van der Waals surface area contributed by atoms with Crippen molar-refractivity contribution >= 4 is 23.8 Å². The van der Waals surface area contributed by atoms with E-state index in [1.807, 2.05) is 12.1 Å². The Hall–Kier alpha value is -2.83. The minimum atomic E-state index is -0.472. The Morgan fingerprint density at radius 1 is 1.08 bits per heavy atom. The van der Waals surface area contributed by atoms with Crippen molar-refractivity contribution in [2.45, 2.75) is 32.1 Å². The molecule has 1 aromatic rings. The summed E-state index contributed by atoms with van der Waals surface area (Å²) in [5.41, 5.74) is 5.37. The van der Waals surface area contributed by atoms with Gasteiger partial charge in [0.25, 0.3) is 11.8 Å². The van der Waals surface area contributed by atoms with Crippen LogP contribution in [0.2, 0.25) is 0 Å². The van der Waals surface area contributed by atoms with Gasteiger partial charge in [-0.15, -0.1) is 0 Å². The third-order valence-electron chi connectivity index (χ3n) is 4.27. The minimum absolute atomic E-state index is 0.00132. The van der Waals surface area contributed by atoms with Gasteiger partial charge in [0.2, 0.25) is 5.91 Å². The van der Waals surface area contributed by atoms with Gasteiger partial charge in [0, 0.05) is 12.0 Å². The van der Waals surface area contributed by atoms with E-state index in [2.05, 4.69) is 16.2 Å². The lowest BCUT2D eigenvalue weighted by Gasteiger charge is -2.20. The van der Waals surface area contributed by atoms with E-state index >= 15 is 0 Å². The number of methoxy groups -OCH3 is 1. The summed E-state index contributed by atoms with van der Waals surface area (Å²) >= 11 is 0. The van der Waals surface area contributed by atoms with E-state index in [1.54, 1.807) is 25.3 Å². The Bertz CT molecular complexity index is 649. The van der Waals surface area contributed by atoms with E-state index in [0.717, 1.165) is 37.0 Å². The Labute approximate surface area is 153 Å². The lowest BCUT2D eigenvalue weighted by molar-refractivity contribution is -0.130. The highest BCUT2D eigenvalue weighted by molar-refractivity contribution is 5.93. The van der Waals surface area contributed by atoms with Crippen molar-refractivity contribution in [2.24, 2.45) is 5.92 Å². The van der Waals surface area contributed by atoms with Crippen molar-refractivity contribution in [3.8, 4) is 5.75 Å². The summed E-state index contributed by atoms with van der Waals surface area (Å²) in [5, 5.41) is 2.61. The third-order valence-corrected chi connectivity index (χ3v) is 4.27. The zero-order valence-corrected chi connectivity index (χ0v) is 14.9. The average Bonchev–Trinajstić information content (AvgIpc) is 2.69. The van der Waals surface area contributed by atoms with Crippen molar-refractivity contribution in [1.82, 2.24) is 16.2 Å². The largest absolute Gasteiger partial charge is 0.497 e. The molecule has 0 aromatic heterocycles. The quantitative estimate of drug-likeness (QED) is 0.530. The van der Waals surface area contributed by atoms with Gasteiger partial charge in [0.05, 0.1) is 13.7 Å². The van der Waals surface area contributed by atoms with Gasteiger partial charge < -0.3 is 10.1 Å². The third kappa shape index (κ3) is 6.58. The Morgan fingerprint density at radius 3 is 2.42 bits per heavy atom. The highest BCUT2D eigenvalue weighted by Crippen LogP contribution is 2.23. The monoisotopic (exact) mass is 359 g/mol. The van der Waals surface area contributed by atoms with Crippen LogP contribution in [0.5, 0.6) is 5.75 Å². The van der Waals surface area contributed by atoms with Crippen LogP contribution in [-0.2, 0) is 14.4 Å². The topological polar surface area (TPSA) is 96.5 Å². The predicted molar refractivity (Wildman–Crippen MR) is 97.9 cm³/mol. The molecule has 2 rings (SSSR count). The number of carbonyl (C=O) groups is 3. The first-order valence-corrected chi connectivity index (χ1v) is 8.77. The summed E-state index contributed by atoms with van der Waals surface area (Å²) in [6.07, 6.45) is 7.96. The van der Waals surface area contributed by atoms with Crippen LogP contribution in [0.3, 0.4) is 0 Å². The van der Waals surface area contributed by atoms with E-state index in [-0.39, 0.29) is 18.4 Å². The smallest absolute Gasteiger partial charge is 0.262 e. The fraction of sp³-hybridized carbons (Fsp3) is 0.421. The molecule has 0 aliphatic heterocycles. The lowest BCUT2D eigenvalue weighted by atomic mass is 9.89. The second-order valence-electron chi connectivity index (χ2n) is 6.20. The molecule has 3 N–H and O–H groups in total. The van der Waals surface area contributed by atoms with Gasteiger partial charge in [-0.2, -0.15) is 0 Å². The standard InChI is InChI=1S/C19H25N3O4/c1-26-16-10-7-14(8-11-16)9-12-17(23)21-22-18(24)13-20-19(25)15-5-3-2-4-6-15/h7-12,15H,2-6,13H2,1H3,(H,20,25)(H,21,23)(H,22,24). The van der Waals surface area contributed by atoms with Crippen LogP contribution >= 0.6 is 0 Å². The molecule has 0 heterocycles. The molecule has 7 nitrogen and oxygen atoms in total. The van der Waals surface area contributed by atoms with Crippen LogP contribution in [0.1, 0.15) is 37.7 Å². The Morgan fingerprint density at radius 2 is 1.77 bits per heavy atom. The molecule has 1 aliphatic carbocycles. The zero-order valence-electron chi connectivity index (χ0n) is 14.9. The van der Waals surface area contributed by atoms with Gasteiger partial charge in [-0.3, -0.25) is 25.2 Å². The molecule has 26 heavy (non-hydrogen) atoms. The maximum absolute atomic E-state index is 11.9. The number of benzene rings is 1. The fourth-order valence-corrected chi connectivity index (χ4v) is 2.78. The van der Waals surface area contributed by atoms with Crippen molar-refractivity contribution in [1.29, 1.82) is 0 Å². The second-order valence-corrected chi connectivity index (χ2v) is 6.20. The SMILES string of the molecule is COc1ccc(C=CC(=O)NNC(=O)CNC(=O)C2CCCCC2)cc1. The van der Waals surface area contributed by atoms with Gasteiger partial charge in [-0.25, -0.2) is 0 Å². The molecule has 0 radical (unpaired) electrons. The van der Waals surface area contributed by atoms with Crippen LogP contribution in [0.25, 0.3) is 6.08 Å². The summed E-state index contributed by atoms with van der Waals surface area (Å²) < 4.78 is 5.06. The first-order valence-electron chi connectivity index (χ1n) is 8.77. The van der Waals surface area contributed by atoms with Gasteiger partial charge in [0.15, 0.2) is 0 Å². The number of rotatable bonds is 6. The number of ether oxygens (including phenoxy) is 1. The molecule has 0 saturated heterocycles. The molecule has 0 unspecified atom stereocenters. The first kappa shape index (κ1) is 19.5. The molecule has 0 spiro atoms. The van der Waals surface area contributed by atoms with Crippen LogP contribution in [0.15, 0.2) is 30.3 Å². The summed E-state index contributed by atoms with van der Waals surface area (Å²) in [6.45, 7) is -0.155. The fourth-order valence-electron chi connectivity index (χ4n) is 2.78. The van der Waals surface area contributed by atoms with Gasteiger partial charge in [-0.1, -0.05) is 31.4 Å². The number of amides is 3. The molecule has 1 aliphatic rings. The van der Waals surface area contributed by atoms with Crippen molar-refractivity contribution in [3.05, 3.63) is 35.9 Å². The summed E-state index contributed by atoms with van der Waals surface area (Å²) in [5.74, 6) is -0.300. The maximum atomic E-state index is 11.9. The molecule has 1 aromatic carbocycles. The number of hydrogen-bond acceptors (Lipinski definition) is 4.